The number of aliphatic imine (C=N–C) groups is 1. The van der Waals surface area contributed by atoms with Gasteiger partial charge in [0.25, 0.3) is 0 Å². The van der Waals surface area contributed by atoms with Gasteiger partial charge in [-0.3, -0.25) is 5.32 Å². The number of ether oxygens (including phenoxy) is 2. The molecule has 0 aromatic rings. The summed E-state index contributed by atoms with van der Waals surface area (Å²) in [7, 11) is 0. The Hall–Kier alpha value is -3.04. The SMILES string of the molecule is C=C1C=C(C)NC(NC(=O)N[C@@H](CCCCNC(=O)OC(C)(C)C)C(=O)OC(C)(C)C)=N1. The van der Waals surface area contributed by atoms with Crippen molar-refractivity contribution in [3.8, 4) is 0 Å². The molecule has 0 aliphatic carbocycles. The predicted octanol–water partition coefficient (Wildman–Crippen LogP) is 3.07. The van der Waals surface area contributed by atoms with Gasteiger partial charge in [-0.15, -0.1) is 0 Å². The van der Waals surface area contributed by atoms with Crippen LogP contribution in [0.15, 0.2) is 29.0 Å². The fourth-order valence-corrected chi connectivity index (χ4v) is 2.64. The lowest BCUT2D eigenvalue weighted by Crippen LogP contribution is -2.52. The first kappa shape index (κ1) is 27.0. The zero-order chi connectivity index (χ0) is 24.5. The van der Waals surface area contributed by atoms with Gasteiger partial charge in [-0.1, -0.05) is 6.58 Å². The molecule has 0 unspecified atom stereocenters. The van der Waals surface area contributed by atoms with Crippen LogP contribution < -0.4 is 21.3 Å². The molecule has 4 N–H and O–H groups in total. The second kappa shape index (κ2) is 11.5. The molecule has 1 atom stereocenters. The minimum atomic E-state index is -0.861. The molecule has 1 heterocycles. The number of esters is 1. The number of carbonyl (C=O) groups excluding carboxylic acids is 3. The Morgan fingerprint density at radius 3 is 2.28 bits per heavy atom. The van der Waals surface area contributed by atoms with E-state index in [1.54, 1.807) is 47.6 Å². The molecule has 0 saturated heterocycles. The molecule has 0 aromatic carbocycles. The van der Waals surface area contributed by atoms with E-state index in [9.17, 15) is 14.4 Å². The fourth-order valence-electron chi connectivity index (χ4n) is 2.64. The van der Waals surface area contributed by atoms with E-state index in [1.165, 1.54) is 0 Å². The van der Waals surface area contributed by atoms with Gasteiger partial charge in [-0.25, -0.2) is 19.4 Å². The largest absolute Gasteiger partial charge is 0.458 e. The molecular weight excluding hydrogens is 414 g/mol. The lowest BCUT2D eigenvalue weighted by atomic mass is 10.1. The number of nitrogens with zero attached hydrogens (tertiary/aromatic N) is 1. The molecule has 10 nitrogen and oxygen atoms in total. The summed E-state index contributed by atoms with van der Waals surface area (Å²) in [5.41, 5.74) is 0.0149. The van der Waals surface area contributed by atoms with E-state index in [0.29, 0.717) is 31.5 Å². The number of amides is 3. The van der Waals surface area contributed by atoms with Crippen LogP contribution in [0.5, 0.6) is 0 Å². The Balaban J connectivity index is 2.59. The van der Waals surface area contributed by atoms with Crippen LogP contribution in [0, 0.1) is 0 Å². The fraction of sp³-hybridized carbons (Fsp3) is 0.636. The van der Waals surface area contributed by atoms with Gasteiger partial charge in [0.2, 0.25) is 5.96 Å². The Labute approximate surface area is 190 Å². The number of hydrogen-bond acceptors (Lipinski definition) is 7. The number of carbonyl (C=O) groups is 3. The number of rotatable bonds is 7. The topological polar surface area (TPSA) is 130 Å². The van der Waals surface area contributed by atoms with Crippen molar-refractivity contribution >= 4 is 24.1 Å². The minimum absolute atomic E-state index is 0.219. The summed E-state index contributed by atoms with van der Waals surface area (Å²) in [6.07, 6.45) is 2.74. The van der Waals surface area contributed by atoms with Gasteiger partial charge >= 0.3 is 18.1 Å². The number of guanidine groups is 1. The van der Waals surface area contributed by atoms with Crippen LogP contribution in [0.4, 0.5) is 9.59 Å². The monoisotopic (exact) mass is 451 g/mol. The first-order valence-electron chi connectivity index (χ1n) is 10.6. The average molecular weight is 452 g/mol. The molecule has 0 aromatic heterocycles. The Morgan fingerprint density at radius 2 is 1.72 bits per heavy atom. The summed E-state index contributed by atoms with van der Waals surface area (Å²) < 4.78 is 10.6. The van der Waals surface area contributed by atoms with Crippen molar-refractivity contribution in [1.82, 2.24) is 21.3 Å². The molecule has 0 radical (unpaired) electrons. The smallest absolute Gasteiger partial charge is 0.407 e. The van der Waals surface area contributed by atoms with Gasteiger partial charge in [-0.05, 0) is 73.8 Å². The molecule has 32 heavy (non-hydrogen) atoms. The van der Waals surface area contributed by atoms with Crippen molar-refractivity contribution < 1.29 is 23.9 Å². The van der Waals surface area contributed by atoms with Crippen molar-refractivity contribution in [1.29, 1.82) is 0 Å². The molecule has 0 bridgehead atoms. The van der Waals surface area contributed by atoms with Gasteiger partial charge in [0.1, 0.15) is 17.2 Å². The zero-order valence-corrected chi connectivity index (χ0v) is 20.2. The van der Waals surface area contributed by atoms with Crippen LogP contribution in [0.1, 0.15) is 67.7 Å². The maximum Gasteiger partial charge on any atom is 0.407 e. The minimum Gasteiger partial charge on any atom is -0.458 e. The highest BCUT2D eigenvalue weighted by atomic mass is 16.6. The molecule has 10 heteroatoms. The highest BCUT2D eigenvalue weighted by molar-refractivity contribution is 5.99. The van der Waals surface area contributed by atoms with Crippen LogP contribution in [-0.2, 0) is 14.3 Å². The van der Waals surface area contributed by atoms with Gasteiger partial charge in [0.05, 0.1) is 5.70 Å². The van der Waals surface area contributed by atoms with Crippen LogP contribution in [-0.4, -0.2) is 47.8 Å². The summed E-state index contributed by atoms with van der Waals surface area (Å²) in [6, 6.07) is -1.46. The highest BCUT2D eigenvalue weighted by Crippen LogP contribution is 2.12. The summed E-state index contributed by atoms with van der Waals surface area (Å²) >= 11 is 0. The molecule has 0 spiro atoms. The number of hydrogen-bond donors (Lipinski definition) is 4. The maximum absolute atomic E-state index is 12.6. The first-order valence-corrected chi connectivity index (χ1v) is 10.6. The molecule has 180 valence electrons. The standard InChI is InChI=1S/C22H37N5O5/c1-14-13-15(2)25-18(24-14)27-19(29)26-16(17(28)31-21(3,4)5)11-9-10-12-23-20(30)32-22(6,7)8/h13,16H,1,9-12H2,2-8H3,(H,23,30)(H3,24,25,26,27,29)/t16-/m0/s1. The average Bonchev–Trinajstić information content (AvgIpc) is 2.56. The lowest BCUT2D eigenvalue weighted by molar-refractivity contribution is -0.157. The van der Waals surface area contributed by atoms with E-state index in [4.69, 9.17) is 9.47 Å². The summed E-state index contributed by atoms with van der Waals surface area (Å²) in [5, 5.41) is 10.8. The molecular formula is C22H37N5O5. The Morgan fingerprint density at radius 1 is 1.09 bits per heavy atom. The van der Waals surface area contributed by atoms with Gasteiger partial charge in [0.15, 0.2) is 0 Å². The molecule has 1 rings (SSSR count). The van der Waals surface area contributed by atoms with E-state index in [0.717, 1.165) is 5.70 Å². The number of allylic oxidation sites excluding steroid dienone is 2. The third-order valence-electron chi connectivity index (χ3n) is 3.77. The van der Waals surface area contributed by atoms with E-state index in [1.807, 2.05) is 6.92 Å². The number of alkyl carbamates (subject to hydrolysis) is 1. The van der Waals surface area contributed by atoms with Crippen molar-refractivity contribution in [2.45, 2.75) is 85.0 Å². The summed E-state index contributed by atoms with van der Waals surface area (Å²) in [5.74, 6) is -0.316. The molecule has 0 fully saturated rings. The summed E-state index contributed by atoms with van der Waals surface area (Å²) in [4.78, 5) is 40.8. The number of unbranched alkanes of at least 4 members (excludes halogenated alkanes) is 1. The Kier molecular flexibility index (Phi) is 9.74. The van der Waals surface area contributed by atoms with E-state index in [-0.39, 0.29) is 5.96 Å². The molecule has 1 aliphatic rings. The lowest BCUT2D eigenvalue weighted by Gasteiger charge is -2.25. The molecule has 0 saturated carbocycles. The highest BCUT2D eigenvalue weighted by Gasteiger charge is 2.27. The van der Waals surface area contributed by atoms with Gasteiger partial charge < -0.3 is 25.4 Å². The second-order valence-corrected chi connectivity index (χ2v) is 9.51. The molecule has 3 amide bonds. The number of nitrogens with one attached hydrogen (secondary N) is 4. The quantitative estimate of drug-likeness (QED) is 0.348. The van der Waals surface area contributed by atoms with Crippen molar-refractivity contribution in [2.75, 3.05) is 6.54 Å². The van der Waals surface area contributed by atoms with Crippen molar-refractivity contribution in [3.05, 3.63) is 24.0 Å². The van der Waals surface area contributed by atoms with E-state index < -0.39 is 35.3 Å². The predicted molar refractivity (Wildman–Crippen MR) is 123 cm³/mol. The van der Waals surface area contributed by atoms with Crippen LogP contribution in [0.25, 0.3) is 0 Å². The first-order chi connectivity index (χ1) is 14.6. The third kappa shape index (κ3) is 12.0. The zero-order valence-electron chi connectivity index (χ0n) is 20.2. The maximum atomic E-state index is 12.6. The second-order valence-electron chi connectivity index (χ2n) is 9.51. The third-order valence-corrected chi connectivity index (χ3v) is 3.77. The van der Waals surface area contributed by atoms with E-state index >= 15 is 0 Å². The van der Waals surface area contributed by atoms with Crippen molar-refractivity contribution in [3.63, 3.8) is 0 Å². The van der Waals surface area contributed by atoms with Crippen LogP contribution in [0.2, 0.25) is 0 Å². The summed E-state index contributed by atoms with van der Waals surface area (Å²) in [6.45, 7) is 16.6. The molecule has 1 aliphatic heterocycles. The van der Waals surface area contributed by atoms with Crippen LogP contribution >= 0.6 is 0 Å². The Bertz CT molecular complexity index is 775. The van der Waals surface area contributed by atoms with E-state index in [2.05, 4.69) is 32.8 Å². The van der Waals surface area contributed by atoms with Crippen LogP contribution in [0.3, 0.4) is 0 Å². The normalized spacial score (nSPS) is 14.9. The number of urea groups is 1. The van der Waals surface area contributed by atoms with Gasteiger partial charge in [0, 0.05) is 12.2 Å². The van der Waals surface area contributed by atoms with Crippen molar-refractivity contribution in [2.24, 2.45) is 4.99 Å². The van der Waals surface area contributed by atoms with Gasteiger partial charge in [-0.2, -0.15) is 0 Å².